The number of ether oxygens (including phenoxy) is 2. The third-order valence-electron chi connectivity index (χ3n) is 5.10. The Balaban J connectivity index is 4.10. The molecule has 8 heteroatoms. The Morgan fingerprint density at radius 2 is 1.16 bits per heavy atom. The molecule has 0 bridgehead atoms. The first-order valence-corrected chi connectivity index (χ1v) is 12.0. The van der Waals surface area contributed by atoms with Crippen LogP contribution in [0, 0.1) is 5.92 Å². The molecule has 0 aromatic rings. The SMILES string of the molecule is CCCCC(O)CN(CCOCCOCCN(CC(C)O)CC(C)O)CC(O)C(C)C. The number of hydrogen-bond donors (Lipinski definition) is 4. The van der Waals surface area contributed by atoms with Crippen molar-refractivity contribution < 1.29 is 29.9 Å². The molecule has 188 valence electrons. The largest absolute Gasteiger partial charge is 0.392 e. The Hall–Kier alpha value is -0.320. The quantitative estimate of drug-likeness (QED) is 0.192. The highest BCUT2D eigenvalue weighted by atomic mass is 16.5. The lowest BCUT2D eigenvalue weighted by atomic mass is 10.1. The maximum Gasteiger partial charge on any atom is 0.0701 e. The minimum atomic E-state index is -0.445. The van der Waals surface area contributed by atoms with E-state index in [9.17, 15) is 20.4 Å². The number of nitrogens with zero attached hydrogens (tertiary/aromatic N) is 2. The van der Waals surface area contributed by atoms with Gasteiger partial charge in [-0.25, -0.2) is 0 Å². The molecular formula is C23H50N2O6. The van der Waals surface area contributed by atoms with Crippen molar-refractivity contribution in [3.8, 4) is 0 Å². The second-order valence-corrected chi connectivity index (χ2v) is 9.05. The van der Waals surface area contributed by atoms with E-state index < -0.39 is 18.3 Å². The Bertz CT molecular complexity index is 388. The predicted octanol–water partition coefficient (Wildman–Crippen LogP) is 0.953. The van der Waals surface area contributed by atoms with Crippen LogP contribution in [0.25, 0.3) is 0 Å². The fourth-order valence-corrected chi connectivity index (χ4v) is 3.28. The fourth-order valence-electron chi connectivity index (χ4n) is 3.28. The third-order valence-corrected chi connectivity index (χ3v) is 5.10. The summed E-state index contributed by atoms with van der Waals surface area (Å²) in [5.74, 6) is 0.173. The first-order valence-electron chi connectivity index (χ1n) is 12.0. The lowest BCUT2D eigenvalue weighted by molar-refractivity contribution is 0.00632. The van der Waals surface area contributed by atoms with E-state index in [2.05, 4.69) is 11.8 Å². The summed E-state index contributed by atoms with van der Waals surface area (Å²) in [5.41, 5.74) is 0. The van der Waals surface area contributed by atoms with E-state index in [0.29, 0.717) is 65.7 Å². The molecule has 0 amide bonds. The van der Waals surface area contributed by atoms with Gasteiger partial charge in [-0.15, -0.1) is 0 Å². The molecule has 0 radical (unpaired) electrons. The van der Waals surface area contributed by atoms with Gasteiger partial charge in [-0.2, -0.15) is 0 Å². The minimum Gasteiger partial charge on any atom is -0.392 e. The van der Waals surface area contributed by atoms with Crippen LogP contribution in [0.15, 0.2) is 0 Å². The van der Waals surface area contributed by atoms with Crippen molar-refractivity contribution in [1.82, 2.24) is 9.80 Å². The second kappa shape index (κ2) is 19.2. The van der Waals surface area contributed by atoms with Crippen molar-refractivity contribution in [1.29, 1.82) is 0 Å². The topological polar surface area (TPSA) is 106 Å². The van der Waals surface area contributed by atoms with Gasteiger partial charge in [0.05, 0.1) is 50.8 Å². The summed E-state index contributed by atoms with van der Waals surface area (Å²) in [6.45, 7) is 14.9. The molecule has 0 heterocycles. The van der Waals surface area contributed by atoms with E-state index in [0.717, 1.165) is 19.3 Å². The first kappa shape index (κ1) is 30.7. The summed E-state index contributed by atoms with van der Waals surface area (Å²) in [7, 11) is 0. The highest BCUT2D eigenvalue weighted by molar-refractivity contribution is 4.71. The molecule has 0 aliphatic carbocycles. The lowest BCUT2D eigenvalue weighted by Gasteiger charge is -2.28. The van der Waals surface area contributed by atoms with Crippen LogP contribution in [0.3, 0.4) is 0 Å². The average Bonchev–Trinajstić information content (AvgIpc) is 2.66. The highest BCUT2D eigenvalue weighted by Crippen LogP contribution is 2.07. The molecule has 0 aliphatic heterocycles. The van der Waals surface area contributed by atoms with Crippen LogP contribution in [-0.2, 0) is 9.47 Å². The van der Waals surface area contributed by atoms with Gasteiger partial charge in [0, 0.05) is 39.3 Å². The smallest absolute Gasteiger partial charge is 0.0701 e. The van der Waals surface area contributed by atoms with Crippen LogP contribution in [0.5, 0.6) is 0 Å². The maximum atomic E-state index is 10.2. The number of unbranched alkanes of at least 4 members (excludes halogenated alkanes) is 1. The molecular weight excluding hydrogens is 400 g/mol. The second-order valence-electron chi connectivity index (χ2n) is 9.05. The van der Waals surface area contributed by atoms with E-state index in [1.165, 1.54) is 0 Å². The van der Waals surface area contributed by atoms with E-state index in [-0.39, 0.29) is 12.0 Å². The van der Waals surface area contributed by atoms with Gasteiger partial charge in [-0.05, 0) is 26.2 Å². The van der Waals surface area contributed by atoms with Crippen molar-refractivity contribution in [2.24, 2.45) is 5.92 Å². The molecule has 0 spiro atoms. The molecule has 0 aliphatic rings. The van der Waals surface area contributed by atoms with Crippen molar-refractivity contribution in [3.63, 3.8) is 0 Å². The molecule has 0 saturated carbocycles. The van der Waals surface area contributed by atoms with Crippen molar-refractivity contribution in [2.75, 3.05) is 65.7 Å². The van der Waals surface area contributed by atoms with Crippen molar-refractivity contribution in [2.45, 2.75) is 78.3 Å². The Morgan fingerprint density at radius 1 is 0.677 bits per heavy atom. The van der Waals surface area contributed by atoms with Gasteiger partial charge in [0.25, 0.3) is 0 Å². The van der Waals surface area contributed by atoms with Crippen LogP contribution >= 0.6 is 0 Å². The molecule has 0 fully saturated rings. The van der Waals surface area contributed by atoms with Gasteiger partial charge in [-0.1, -0.05) is 33.6 Å². The molecule has 8 nitrogen and oxygen atoms in total. The summed E-state index contributed by atoms with van der Waals surface area (Å²) in [6.07, 6.45) is 1.15. The van der Waals surface area contributed by atoms with Crippen LogP contribution in [0.4, 0.5) is 0 Å². The normalized spacial score (nSPS) is 16.3. The van der Waals surface area contributed by atoms with Gasteiger partial charge >= 0.3 is 0 Å². The third kappa shape index (κ3) is 18.9. The molecule has 0 saturated heterocycles. The summed E-state index contributed by atoms with van der Waals surface area (Å²) in [5, 5.41) is 39.5. The first-order chi connectivity index (χ1) is 14.6. The van der Waals surface area contributed by atoms with E-state index >= 15 is 0 Å². The Morgan fingerprint density at radius 3 is 1.58 bits per heavy atom. The number of aliphatic hydroxyl groups is 4. The van der Waals surface area contributed by atoms with Crippen molar-refractivity contribution in [3.05, 3.63) is 0 Å². The Labute approximate surface area is 190 Å². The van der Waals surface area contributed by atoms with Crippen LogP contribution < -0.4 is 0 Å². The zero-order chi connectivity index (χ0) is 23.6. The van der Waals surface area contributed by atoms with Gasteiger partial charge in [0.1, 0.15) is 0 Å². The number of rotatable bonds is 21. The van der Waals surface area contributed by atoms with Gasteiger partial charge < -0.3 is 29.9 Å². The van der Waals surface area contributed by atoms with E-state index in [4.69, 9.17) is 9.47 Å². The van der Waals surface area contributed by atoms with Crippen molar-refractivity contribution >= 4 is 0 Å². The molecule has 0 aromatic heterocycles. The monoisotopic (exact) mass is 450 g/mol. The summed E-state index contributed by atoms with van der Waals surface area (Å²) >= 11 is 0. The standard InChI is InChI=1S/C23H50N2O6/c1-6-7-8-22(28)17-25(18-23(29)19(2)3)10-12-31-14-13-30-11-9-24(15-20(4)26)16-21(5)27/h19-23,26-29H,6-18H2,1-5H3. The zero-order valence-corrected chi connectivity index (χ0v) is 20.6. The van der Waals surface area contributed by atoms with E-state index in [1.54, 1.807) is 13.8 Å². The summed E-state index contributed by atoms with van der Waals surface area (Å²) in [6, 6.07) is 0. The summed E-state index contributed by atoms with van der Waals surface area (Å²) < 4.78 is 11.3. The molecule has 4 atom stereocenters. The van der Waals surface area contributed by atoms with Crippen LogP contribution in [0.2, 0.25) is 0 Å². The van der Waals surface area contributed by atoms with Crippen LogP contribution in [-0.4, -0.2) is 120 Å². The predicted molar refractivity (Wildman–Crippen MR) is 124 cm³/mol. The molecule has 4 N–H and O–H groups in total. The fraction of sp³-hybridized carbons (Fsp3) is 1.00. The maximum absolute atomic E-state index is 10.2. The zero-order valence-electron chi connectivity index (χ0n) is 20.6. The van der Waals surface area contributed by atoms with E-state index in [1.807, 2.05) is 18.7 Å². The molecule has 31 heavy (non-hydrogen) atoms. The highest BCUT2D eigenvalue weighted by Gasteiger charge is 2.17. The Kier molecular flexibility index (Phi) is 19.0. The number of hydrogen-bond acceptors (Lipinski definition) is 8. The lowest BCUT2D eigenvalue weighted by Crippen LogP contribution is -2.41. The van der Waals surface area contributed by atoms with Gasteiger partial charge in [0.2, 0.25) is 0 Å². The van der Waals surface area contributed by atoms with Gasteiger partial charge in [0.15, 0.2) is 0 Å². The summed E-state index contributed by atoms with van der Waals surface area (Å²) in [4.78, 5) is 4.06. The average molecular weight is 451 g/mol. The minimum absolute atomic E-state index is 0.173. The molecule has 0 rings (SSSR count). The number of aliphatic hydroxyl groups excluding tert-OH is 4. The molecule has 4 unspecified atom stereocenters. The molecule has 0 aromatic carbocycles. The van der Waals surface area contributed by atoms with Crippen LogP contribution in [0.1, 0.15) is 53.9 Å². The van der Waals surface area contributed by atoms with Gasteiger partial charge in [-0.3, -0.25) is 9.80 Å².